The standard InChI is InChI=1S/C30H38N2O2/c33-27(29-13-19-6-20(14-29)8-21(7-19)15-29)31-25-4-2-1-3-5-26(12-25)32-28(34)30-16-22-9-23(17-30)11-24(10-22)18-30/h1-5,12,19-24H,6-11,13-18H2,(H,31,33)(H,32,34)/b2-1-,3-1?,4-2?,5-3-,25-4+,25-12?,26-5?,26-12+. The third kappa shape index (κ3) is 3.55. The molecule has 4 nitrogen and oxygen atoms in total. The van der Waals surface area contributed by atoms with Gasteiger partial charge in [-0.15, -0.1) is 0 Å². The molecule has 0 aromatic rings. The van der Waals surface area contributed by atoms with Crippen LogP contribution in [0.2, 0.25) is 0 Å². The second kappa shape index (κ2) is 7.70. The fourth-order valence-corrected chi connectivity index (χ4v) is 10.1. The maximum Gasteiger partial charge on any atom is 0.230 e. The first kappa shape index (κ1) is 21.2. The monoisotopic (exact) mass is 458 g/mol. The Hall–Kier alpha value is -2.10. The summed E-state index contributed by atoms with van der Waals surface area (Å²) in [5, 5.41) is 6.58. The molecule has 9 aliphatic rings. The van der Waals surface area contributed by atoms with Crippen molar-refractivity contribution in [2.45, 2.75) is 77.0 Å². The zero-order valence-electron chi connectivity index (χ0n) is 20.2. The van der Waals surface area contributed by atoms with Crippen LogP contribution in [0.15, 0.2) is 47.9 Å². The Morgan fingerprint density at radius 3 is 1.44 bits per heavy atom. The van der Waals surface area contributed by atoms with Crippen molar-refractivity contribution in [3.05, 3.63) is 47.9 Å². The maximum atomic E-state index is 13.6. The highest BCUT2D eigenvalue weighted by Gasteiger charge is 2.55. The molecule has 4 heteroatoms. The zero-order chi connectivity index (χ0) is 22.9. The number of rotatable bonds is 4. The van der Waals surface area contributed by atoms with Crippen LogP contribution in [0.4, 0.5) is 0 Å². The van der Waals surface area contributed by atoms with E-state index in [1.165, 1.54) is 38.5 Å². The number of amides is 2. The molecular weight excluding hydrogens is 420 g/mol. The van der Waals surface area contributed by atoms with Crippen LogP contribution in [-0.2, 0) is 9.59 Å². The van der Waals surface area contributed by atoms with Crippen molar-refractivity contribution >= 4 is 11.8 Å². The largest absolute Gasteiger partial charge is 0.326 e. The summed E-state index contributed by atoms with van der Waals surface area (Å²) in [5.41, 5.74) is 1.24. The van der Waals surface area contributed by atoms with Crippen LogP contribution in [0.25, 0.3) is 0 Å². The van der Waals surface area contributed by atoms with Gasteiger partial charge in [0.15, 0.2) is 0 Å². The fraction of sp³-hybridized carbons (Fsp3) is 0.667. The van der Waals surface area contributed by atoms with Gasteiger partial charge in [-0.25, -0.2) is 0 Å². The first-order chi connectivity index (χ1) is 16.5. The molecule has 9 aliphatic carbocycles. The quantitative estimate of drug-likeness (QED) is 0.581. The van der Waals surface area contributed by atoms with Gasteiger partial charge in [0, 0.05) is 11.4 Å². The summed E-state index contributed by atoms with van der Waals surface area (Å²) >= 11 is 0. The molecule has 0 aliphatic heterocycles. The van der Waals surface area contributed by atoms with E-state index >= 15 is 0 Å². The first-order valence-electron chi connectivity index (χ1n) is 13.9. The molecule has 0 aromatic heterocycles. The van der Waals surface area contributed by atoms with Gasteiger partial charge in [0.25, 0.3) is 0 Å². The highest BCUT2D eigenvalue weighted by atomic mass is 16.2. The summed E-state index contributed by atoms with van der Waals surface area (Å²) in [4.78, 5) is 27.2. The summed E-state index contributed by atoms with van der Waals surface area (Å²) in [6.07, 6.45) is 26.2. The number of hydrogen-bond donors (Lipinski definition) is 2. The molecule has 0 saturated heterocycles. The maximum absolute atomic E-state index is 13.6. The highest BCUT2D eigenvalue weighted by molar-refractivity contribution is 5.86. The number of hydrogen-bond acceptors (Lipinski definition) is 2. The summed E-state index contributed by atoms with van der Waals surface area (Å²) in [6.45, 7) is 0. The van der Waals surface area contributed by atoms with Gasteiger partial charge in [-0.2, -0.15) is 0 Å². The Balaban J connectivity index is 1.08. The van der Waals surface area contributed by atoms with E-state index in [0.717, 1.165) is 85.4 Å². The minimum absolute atomic E-state index is 0.173. The lowest BCUT2D eigenvalue weighted by atomic mass is 9.49. The molecule has 0 spiro atoms. The lowest BCUT2D eigenvalue weighted by molar-refractivity contribution is -0.145. The SMILES string of the molecule is O=C(NC1=C/C(NC(=O)C23CC4CC(CC(C4)C2)C3)=C\C=C/C=C\1)C12CC3CC(CC(C3)C1)C2. The van der Waals surface area contributed by atoms with Crippen molar-refractivity contribution in [2.75, 3.05) is 0 Å². The van der Waals surface area contributed by atoms with Crippen molar-refractivity contribution in [2.24, 2.45) is 46.3 Å². The molecule has 0 unspecified atom stereocenters. The van der Waals surface area contributed by atoms with Gasteiger partial charge in [0.2, 0.25) is 11.8 Å². The number of carbonyl (C=O) groups excluding carboxylic acids is 2. The molecule has 0 aromatic carbocycles. The normalized spacial score (nSPS) is 50.4. The second-order valence-corrected chi connectivity index (χ2v) is 13.3. The number of nitrogens with one attached hydrogen (secondary N) is 2. The first-order valence-corrected chi connectivity index (χ1v) is 13.9. The molecule has 8 saturated carbocycles. The Bertz CT molecular complexity index is 899. The van der Waals surface area contributed by atoms with Gasteiger partial charge in [0.1, 0.15) is 0 Å². The second-order valence-electron chi connectivity index (χ2n) is 13.3. The lowest BCUT2D eigenvalue weighted by Gasteiger charge is -2.55. The molecule has 0 radical (unpaired) electrons. The van der Waals surface area contributed by atoms with Crippen LogP contribution in [0.5, 0.6) is 0 Å². The van der Waals surface area contributed by atoms with Crippen LogP contribution in [0, 0.1) is 46.3 Å². The van der Waals surface area contributed by atoms with Crippen molar-refractivity contribution in [3.8, 4) is 0 Å². The van der Waals surface area contributed by atoms with E-state index in [1.54, 1.807) is 0 Å². The fourth-order valence-electron chi connectivity index (χ4n) is 10.1. The Morgan fingerprint density at radius 1 is 0.588 bits per heavy atom. The van der Waals surface area contributed by atoms with Crippen LogP contribution < -0.4 is 10.6 Å². The number of allylic oxidation sites excluding steroid dienone is 6. The average Bonchev–Trinajstić information content (AvgIpc) is 2.75. The minimum atomic E-state index is -0.173. The molecule has 2 N–H and O–H groups in total. The molecule has 9 rings (SSSR count). The lowest BCUT2D eigenvalue weighted by Crippen LogP contribution is -2.53. The van der Waals surface area contributed by atoms with Crippen LogP contribution in [0.1, 0.15) is 77.0 Å². The van der Waals surface area contributed by atoms with E-state index in [9.17, 15) is 9.59 Å². The summed E-state index contributed by atoms with van der Waals surface area (Å²) in [6, 6.07) is 0. The summed E-state index contributed by atoms with van der Waals surface area (Å²) in [7, 11) is 0. The molecule has 180 valence electrons. The Labute approximate surface area is 203 Å². The molecule has 8 fully saturated rings. The average molecular weight is 459 g/mol. The van der Waals surface area contributed by atoms with Crippen molar-refractivity contribution in [1.29, 1.82) is 0 Å². The minimum Gasteiger partial charge on any atom is -0.326 e. The third-order valence-corrected chi connectivity index (χ3v) is 10.6. The molecule has 8 bridgehead atoms. The van der Waals surface area contributed by atoms with Gasteiger partial charge >= 0.3 is 0 Å². The van der Waals surface area contributed by atoms with Crippen LogP contribution >= 0.6 is 0 Å². The van der Waals surface area contributed by atoms with E-state index in [0.29, 0.717) is 0 Å². The van der Waals surface area contributed by atoms with Crippen molar-refractivity contribution < 1.29 is 9.59 Å². The van der Waals surface area contributed by atoms with Gasteiger partial charge in [-0.3, -0.25) is 9.59 Å². The van der Waals surface area contributed by atoms with Crippen molar-refractivity contribution in [3.63, 3.8) is 0 Å². The van der Waals surface area contributed by atoms with Gasteiger partial charge < -0.3 is 10.6 Å². The van der Waals surface area contributed by atoms with E-state index < -0.39 is 0 Å². The summed E-state index contributed by atoms with van der Waals surface area (Å²) < 4.78 is 0. The predicted octanol–water partition coefficient (Wildman–Crippen LogP) is 5.55. The Kier molecular flexibility index (Phi) is 4.80. The van der Waals surface area contributed by atoms with Crippen LogP contribution in [-0.4, -0.2) is 11.8 Å². The van der Waals surface area contributed by atoms with Gasteiger partial charge in [0.05, 0.1) is 10.8 Å². The van der Waals surface area contributed by atoms with Crippen LogP contribution in [0.3, 0.4) is 0 Å². The molecular formula is C30H38N2O2. The molecule has 0 heterocycles. The highest BCUT2D eigenvalue weighted by Crippen LogP contribution is 2.61. The number of carbonyl (C=O) groups is 2. The van der Waals surface area contributed by atoms with Gasteiger partial charge in [-0.05, 0) is 131 Å². The molecule has 0 atom stereocenters. The van der Waals surface area contributed by atoms with E-state index in [2.05, 4.69) is 10.6 Å². The van der Waals surface area contributed by atoms with E-state index in [1.807, 2.05) is 36.5 Å². The Morgan fingerprint density at radius 2 is 1.00 bits per heavy atom. The van der Waals surface area contributed by atoms with Gasteiger partial charge in [-0.1, -0.05) is 18.2 Å². The third-order valence-electron chi connectivity index (χ3n) is 10.6. The van der Waals surface area contributed by atoms with E-state index in [-0.39, 0.29) is 22.6 Å². The predicted molar refractivity (Wildman–Crippen MR) is 132 cm³/mol. The zero-order valence-corrected chi connectivity index (χ0v) is 20.2. The molecule has 34 heavy (non-hydrogen) atoms. The van der Waals surface area contributed by atoms with E-state index in [4.69, 9.17) is 0 Å². The summed E-state index contributed by atoms with van der Waals surface area (Å²) in [5.74, 6) is 4.90. The molecule has 2 amide bonds. The van der Waals surface area contributed by atoms with Crippen molar-refractivity contribution in [1.82, 2.24) is 10.6 Å². The topological polar surface area (TPSA) is 58.2 Å². The smallest absolute Gasteiger partial charge is 0.230 e.